The molecule has 0 fully saturated rings. The van der Waals surface area contributed by atoms with E-state index >= 15 is 0 Å². The number of imidazole rings is 1. The van der Waals surface area contributed by atoms with Crippen molar-refractivity contribution in [2.45, 2.75) is 12.5 Å². The number of rotatable bonds is 2. The predicted molar refractivity (Wildman–Crippen MR) is 63.1 cm³/mol. The summed E-state index contributed by atoms with van der Waals surface area (Å²) in [5.41, 5.74) is 7.11. The summed E-state index contributed by atoms with van der Waals surface area (Å²) < 4.78 is 1.97. The Hall–Kier alpha value is -1.95. The molecule has 2 atom stereocenters. The molecule has 6 nitrogen and oxygen atoms in total. The fourth-order valence-corrected chi connectivity index (χ4v) is 2.21. The minimum Gasteiger partial charge on any atom is -0.396 e. The highest BCUT2D eigenvalue weighted by molar-refractivity contribution is 5.81. The highest BCUT2D eigenvalue weighted by Crippen LogP contribution is 2.30. The summed E-state index contributed by atoms with van der Waals surface area (Å²) in [5.74, 6) is 0.617. The van der Waals surface area contributed by atoms with Crippen LogP contribution in [-0.4, -0.2) is 31.2 Å². The number of aromatic nitrogens is 4. The summed E-state index contributed by atoms with van der Waals surface area (Å²) in [7, 11) is 0. The van der Waals surface area contributed by atoms with Gasteiger partial charge in [-0.15, -0.1) is 0 Å². The number of aliphatic hydroxyl groups is 1. The minimum atomic E-state index is 0.177. The molecule has 0 spiro atoms. The SMILES string of the molecule is Nc1ncnc2c1ncn2[C@H]1C=CC(CO)C1. The standard InChI is InChI=1S/C11H13N5O/c12-10-9-11(14-5-13-10)16(6-15-9)8-2-1-7(3-8)4-17/h1-2,5-8,17H,3-4H2,(H2,12,13,14)/t7?,8-/m0/s1. The van der Waals surface area contributed by atoms with Crippen LogP contribution in [0.25, 0.3) is 11.2 Å². The van der Waals surface area contributed by atoms with E-state index in [2.05, 4.69) is 21.0 Å². The van der Waals surface area contributed by atoms with Crippen LogP contribution < -0.4 is 5.73 Å². The number of anilines is 1. The number of allylic oxidation sites excluding steroid dienone is 1. The monoisotopic (exact) mass is 231 g/mol. The van der Waals surface area contributed by atoms with E-state index < -0.39 is 0 Å². The fourth-order valence-electron chi connectivity index (χ4n) is 2.21. The quantitative estimate of drug-likeness (QED) is 0.735. The molecule has 1 aliphatic rings. The van der Waals surface area contributed by atoms with E-state index in [4.69, 9.17) is 10.8 Å². The average molecular weight is 231 g/mol. The van der Waals surface area contributed by atoms with Crippen molar-refractivity contribution in [1.82, 2.24) is 19.5 Å². The van der Waals surface area contributed by atoms with E-state index in [1.807, 2.05) is 10.6 Å². The molecule has 1 unspecified atom stereocenters. The van der Waals surface area contributed by atoms with Gasteiger partial charge in [-0.25, -0.2) is 15.0 Å². The molecule has 2 heterocycles. The van der Waals surface area contributed by atoms with Gasteiger partial charge in [-0.1, -0.05) is 12.2 Å². The van der Waals surface area contributed by atoms with Crippen molar-refractivity contribution in [2.75, 3.05) is 12.3 Å². The number of hydrogen-bond donors (Lipinski definition) is 2. The van der Waals surface area contributed by atoms with Crippen molar-refractivity contribution in [3.05, 3.63) is 24.8 Å². The molecule has 88 valence electrons. The second kappa shape index (κ2) is 3.81. The van der Waals surface area contributed by atoms with Gasteiger partial charge in [0.25, 0.3) is 0 Å². The summed E-state index contributed by atoms with van der Waals surface area (Å²) >= 11 is 0. The molecule has 0 saturated heterocycles. The molecular formula is C11H13N5O. The van der Waals surface area contributed by atoms with Crippen LogP contribution in [-0.2, 0) is 0 Å². The van der Waals surface area contributed by atoms with Gasteiger partial charge in [-0.05, 0) is 6.42 Å². The van der Waals surface area contributed by atoms with E-state index in [9.17, 15) is 0 Å². The first kappa shape index (κ1) is 10.2. The Kier molecular flexibility index (Phi) is 2.29. The highest BCUT2D eigenvalue weighted by atomic mass is 16.3. The molecule has 0 aromatic carbocycles. The summed E-state index contributed by atoms with van der Waals surface area (Å²) in [6.07, 6.45) is 8.13. The molecule has 3 rings (SSSR count). The lowest BCUT2D eigenvalue weighted by Crippen LogP contribution is -2.08. The molecule has 2 aromatic rings. The molecule has 3 N–H and O–H groups in total. The predicted octanol–water partition coefficient (Wildman–Crippen LogP) is 0.518. The van der Waals surface area contributed by atoms with Gasteiger partial charge >= 0.3 is 0 Å². The van der Waals surface area contributed by atoms with Crippen LogP contribution in [0.1, 0.15) is 12.5 Å². The van der Waals surface area contributed by atoms with Crippen molar-refractivity contribution < 1.29 is 5.11 Å². The van der Waals surface area contributed by atoms with Crippen LogP contribution in [0.2, 0.25) is 0 Å². The molecule has 1 aliphatic carbocycles. The highest BCUT2D eigenvalue weighted by Gasteiger charge is 2.21. The van der Waals surface area contributed by atoms with Crippen LogP contribution in [0.4, 0.5) is 5.82 Å². The van der Waals surface area contributed by atoms with Crippen molar-refractivity contribution in [1.29, 1.82) is 0 Å². The fraction of sp³-hybridized carbons (Fsp3) is 0.364. The Bertz CT molecular complexity index is 576. The van der Waals surface area contributed by atoms with Crippen LogP contribution in [0.5, 0.6) is 0 Å². The first-order valence-electron chi connectivity index (χ1n) is 5.52. The van der Waals surface area contributed by atoms with Gasteiger partial charge in [0, 0.05) is 12.5 Å². The average Bonchev–Trinajstić information content (AvgIpc) is 2.94. The largest absolute Gasteiger partial charge is 0.396 e. The van der Waals surface area contributed by atoms with Crippen molar-refractivity contribution in [2.24, 2.45) is 5.92 Å². The Labute approximate surface area is 97.8 Å². The van der Waals surface area contributed by atoms with Gasteiger partial charge in [0.1, 0.15) is 11.8 Å². The lowest BCUT2D eigenvalue weighted by Gasteiger charge is -2.12. The van der Waals surface area contributed by atoms with Crippen LogP contribution in [0.3, 0.4) is 0 Å². The van der Waals surface area contributed by atoms with E-state index in [1.54, 1.807) is 6.33 Å². The second-order valence-electron chi connectivity index (χ2n) is 4.21. The zero-order chi connectivity index (χ0) is 11.8. The first-order chi connectivity index (χ1) is 8.29. The Morgan fingerprint density at radius 3 is 3.00 bits per heavy atom. The van der Waals surface area contributed by atoms with Crippen molar-refractivity contribution >= 4 is 17.0 Å². The maximum Gasteiger partial charge on any atom is 0.165 e. The number of hydrogen-bond acceptors (Lipinski definition) is 5. The third-order valence-corrected chi connectivity index (χ3v) is 3.13. The van der Waals surface area contributed by atoms with Gasteiger partial charge in [0.2, 0.25) is 0 Å². The summed E-state index contributed by atoms with van der Waals surface area (Å²) in [6.45, 7) is 0.177. The lowest BCUT2D eigenvalue weighted by molar-refractivity contribution is 0.244. The van der Waals surface area contributed by atoms with Gasteiger partial charge in [-0.2, -0.15) is 0 Å². The molecule has 0 bridgehead atoms. The van der Waals surface area contributed by atoms with E-state index in [-0.39, 0.29) is 18.6 Å². The van der Waals surface area contributed by atoms with E-state index in [0.717, 1.165) is 12.1 Å². The summed E-state index contributed by atoms with van der Waals surface area (Å²) in [5, 5.41) is 9.12. The smallest absolute Gasteiger partial charge is 0.165 e. The van der Waals surface area contributed by atoms with Crippen LogP contribution in [0, 0.1) is 5.92 Å². The topological polar surface area (TPSA) is 89.9 Å². The van der Waals surface area contributed by atoms with Gasteiger partial charge in [-0.3, -0.25) is 0 Å². The van der Waals surface area contributed by atoms with Crippen molar-refractivity contribution in [3.8, 4) is 0 Å². The van der Waals surface area contributed by atoms with Gasteiger partial charge in [0.05, 0.1) is 12.4 Å². The normalized spacial score (nSPS) is 23.6. The maximum absolute atomic E-state index is 9.12. The zero-order valence-electron chi connectivity index (χ0n) is 9.19. The molecular weight excluding hydrogens is 218 g/mol. The third kappa shape index (κ3) is 1.57. The molecule has 0 radical (unpaired) electrons. The zero-order valence-corrected chi connectivity index (χ0v) is 9.19. The maximum atomic E-state index is 9.12. The molecule has 0 aliphatic heterocycles. The molecule has 2 aromatic heterocycles. The van der Waals surface area contributed by atoms with Gasteiger partial charge in [0.15, 0.2) is 11.5 Å². The number of fused-ring (bicyclic) bond motifs is 1. The van der Waals surface area contributed by atoms with Gasteiger partial charge < -0.3 is 15.4 Å². The Morgan fingerprint density at radius 1 is 1.35 bits per heavy atom. The van der Waals surface area contributed by atoms with Crippen molar-refractivity contribution in [3.63, 3.8) is 0 Å². The lowest BCUT2D eigenvalue weighted by atomic mass is 10.1. The number of nitrogen functional groups attached to an aromatic ring is 1. The second-order valence-corrected chi connectivity index (χ2v) is 4.21. The third-order valence-electron chi connectivity index (χ3n) is 3.13. The molecule has 17 heavy (non-hydrogen) atoms. The van der Waals surface area contributed by atoms with Crippen LogP contribution in [0.15, 0.2) is 24.8 Å². The minimum absolute atomic E-state index is 0.177. The Balaban J connectivity index is 2.02. The summed E-state index contributed by atoms with van der Waals surface area (Å²) in [4.78, 5) is 12.4. The number of nitrogens with two attached hydrogens (primary N) is 1. The van der Waals surface area contributed by atoms with E-state index in [1.165, 1.54) is 6.33 Å². The summed E-state index contributed by atoms with van der Waals surface area (Å²) in [6, 6.07) is 0.187. The Morgan fingerprint density at radius 2 is 2.24 bits per heavy atom. The molecule has 0 amide bonds. The van der Waals surface area contributed by atoms with Crippen LogP contribution >= 0.6 is 0 Å². The number of nitrogens with zero attached hydrogens (tertiary/aromatic N) is 4. The molecule has 6 heteroatoms. The first-order valence-corrected chi connectivity index (χ1v) is 5.52. The molecule has 0 saturated carbocycles. The van der Waals surface area contributed by atoms with E-state index in [0.29, 0.717) is 11.3 Å². The number of aliphatic hydroxyl groups excluding tert-OH is 1.